The summed E-state index contributed by atoms with van der Waals surface area (Å²) in [6.45, 7) is 9.07. The van der Waals surface area contributed by atoms with E-state index in [0.717, 1.165) is 6.42 Å². The van der Waals surface area contributed by atoms with Gasteiger partial charge < -0.3 is 19.7 Å². The zero-order chi connectivity index (χ0) is 16.3. The lowest BCUT2D eigenvalue weighted by Gasteiger charge is -2.25. The molecule has 0 aromatic rings. The fraction of sp³-hybridized carbons (Fsp3) is 0.733. The maximum Gasteiger partial charge on any atom is 0.410 e. The summed E-state index contributed by atoms with van der Waals surface area (Å²) in [5.74, 6) is -0.0276. The first-order valence-electron chi connectivity index (χ1n) is 7.57. The molecule has 2 aliphatic heterocycles. The summed E-state index contributed by atoms with van der Waals surface area (Å²) in [5.41, 5.74) is 0.0290. The van der Waals surface area contributed by atoms with E-state index in [2.05, 4.69) is 5.32 Å². The lowest BCUT2D eigenvalue weighted by atomic mass is 10.1. The molecule has 2 unspecified atom stereocenters. The predicted octanol–water partition coefficient (Wildman–Crippen LogP) is 2.31. The first kappa shape index (κ1) is 17.0. The van der Waals surface area contributed by atoms with E-state index >= 15 is 0 Å². The zero-order valence-electron chi connectivity index (χ0n) is 13.5. The molecular formula is C15H24N2O4S. The van der Waals surface area contributed by atoms with E-state index in [4.69, 9.17) is 9.47 Å². The summed E-state index contributed by atoms with van der Waals surface area (Å²) in [7, 11) is 0. The molecule has 0 radical (unpaired) electrons. The monoisotopic (exact) mass is 328 g/mol. The molecule has 2 aliphatic rings. The molecule has 0 aromatic heterocycles. The van der Waals surface area contributed by atoms with Crippen LogP contribution < -0.4 is 5.32 Å². The van der Waals surface area contributed by atoms with Gasteiger partial charge in [0.25, 0.3) is 0 Å². The van der Waals surface area contributed by atoms with Crippen molar-refractivity contribution in [2.75, 3.05) is 19.7 Å². The third kappa shape index (κ3) is 4.32. The fourth-order valence-electron chi connectivity index (χ4n) is 2.43. The van der Waals surface area contributed by atoms with Gasteiger partial charge in [0.15, 0.2) is 0 Å². The van der Waals surface area contributed by atoms with Crippen LogP contribution in [0.3, 0.4) is 0 Å². The quantitative estimate of drug-likeness (QED) is 0.802. The van der Waals surface area contributed by atoms with Crippen LogP contribution in [0, 0.1) is 5.92 Å². The van der Waals surface area contributed by atoms with Gasteiger partial charge in [0.1, 0.15) is 11.3 Å². The van der Waals surface area contributed by atoms with E-state index in [0.29, 0.717) is 31.3 Å². The Labute approximate surface area is 135 Å². The van der Waals surface area contributed by atoms with Crippen LogP contribution in [0.1, 0.15) is 34.1 Å². The normalized spacial score (nSPS) is 24.7. The van der Waals surface area contributed by atoms with Crippen molar-refractivity contribution in [3.05, 3.63) is 11.1 Å². The summed E-state index contributed by atoms with van der Waals surface area (Å²) < 4.78 is 10.4. The van der Waals surface area contributed by atoms with Crippen LogP contribution in [0.2, 0.25) is 0 Å². The number of nitrogens with zero attached hydrogens (tertiary/aromatic N) is 1. The van der Waals surface area contributed by atoms with Gasteiger partial charge >= 0.3 is 12.1 Å². The van der Waals surface area contributed by atoms with Crippen LogP contribution in [-0.2, 0) is 14.3 Å². The van der Waals surface area contributed by atoms with Crippen molar-refractivity contribution in [1.29, 1.82) is 0 Å². The van der Waals surface area contributed by atoms with E-state index < -0.39 is 5.60 Å². The topological polar surface area (TPSA) is 67.9 Å². The average molecular weight is 328 g/mol. The van der Waals surface area contributed by atoms with Gasteiger partial charge in [-0.1, -0.05) is 0 Å². The zero-order valence-corrected chi connectivity index (χ0v) is 14.4. The van der Waals surface area contributed by atoms with Crippen LogP contribution in [0.5, 0.6) is 0 Å². The standard InChI is InChI=1S/C15H24N2O4S/c1-5-20-13(18)11-9-22-12(16-11)10-6-7-17(8-10)14(19)21-15(2,3)4/h9-10,12,16H,5-8H2,1-4H3. The van der Waals surface area contributed by atoms with Crippen molar-refractivity contribution < 1.29 is 19.1 Å². The Hall–Kier alpha value is -1.37. The van der Waals surface area contributed by atoms with Crippen LogP contribution in [0.15, 0.2) is 11.1 Å². The number of esters is 1. The van der Waals surface area contributed by atoms with Crippen molar-refractivity contribution in [2.45, 2.75) is 45.1 Å². The molecule has 6 nitrogen and oxygen atoms in total. The first-order valence-corrected chi connectivity index (χ1v) is 8.51. The van der Waals surface area contributed by atoms with Crippen molar-refractivity contribution in [1.82, 2.24) is 10.2 Å². The molecule has 0 aromatic carbocycles. The number of likely N-dealkylation sites (tertiary alicyclic amines) is 1. The number of rotatable bonds is 3. The highest BCUT2D eigenvalue weighted by atomic mass is 32.2. The van der Waals surface area contributed by atoms with Gasteiger partial charge in [-0.2, -0.15) is 0 Å². The molecule has 22 heavy (non-hydrogen) atoms. The molecule has 2 heterocycles. The highest BCUT2D eigenvalue weighted by molar-refractivity contribution is 8.03. The predicted molar refractivity (Wildman–Crippen MR) is 85.1 cm³/mol. The molecule has 0 aliphatic carbocycles. The number of carbonyl (C=O) groups excluding carboxylic acids is 2. The van der Waals surface area contributed by atoms with Crippen LogP contribution in [0.4, 0.5) is 4.79 Å². The maximum absolute atomic E-state index is 12.1. The Morgan fingerprint density at radius 1 is 1.45 bits per heavy atom. The summed E-state index contributed by atoms with van der Waals surface area (Å²) in [6, 6.07) is 0. The first-order chi connectivity index (χ1) is 10.3. The lowest BCUT2D eigenvalue weighted by Crippen LogP contribution is -2.37. The van der Waals surface area contributed by atoms with Gasteiger partial charge in [0, 0.05) is 24.4 Å². The SMILES string of the molecule is CCOC(=O)C1=CSC(C2CCN(C(=O)OC(C)(C)C)C2)N1. The van der Waals surface area contributed by atoms with Gasteiger partial charge in [0.2, 0.25) is 0 Å². The number of hydrogen-bond acceptors (Lipinski definition) is 6. The molecule has 7 heteroatoms. The van der Waals surface area contributed by atoms with E-state index in [9.17, 15) is 9.59 Å². The Balaban J connectivity index is 1.82. The number of thioether (sulfide) groups is 1. The summed E-state index contributed by atoms with van der Waals surface area (Å²) >= 11 is 1.58. The van der Waals surface area contributed by atoms with Gasteiger partial charge in [-0.25, -0.2) is 9.59 Å². The number of ether oxygens (including phenoxy) is 2. The van der Waals surface area contributed by atoms with Crippen molar-refractivity contribution in [3.63, 3.8) is 0 Å². The minimum atomic E-state index is -0.478. The Kier molecular flexibility index (Phi) is 5.26. The fourth-order valence-corrected chi connectivity index (χ4v) is 3.52. The van der Waals surface area contributed by atoms with Crippen LogP contribution in [0.25, 0.3) is 0 Å². The third-order valence-electron chi connectivity index (χ3n) is 3.43. The Morgan fingerprint density at radius 2 is 2.18 bits per heavy atom. The minimum absolute atomic E-state index is 0.104. The van der Waals surface area contributed by atoms with Crippen LogP contribution in [-0.4, -0.2) is 47.6 Å². The number of nitrogens with one attached hydrogen (secondary N) is 1. The van der Waals surface area contributed by atoms with Gasteiger partial charge in [-0.15, -0.1) is 11.8 Å². The highest BCUT2D eigenvalue weighted by Gasteiger charge is 2.36. The second-order valence-electron chi connectivity index (χ2n) is 6.43. The summed E-state index contributed by atoms with van der Waals surface area (Å²) in [4.78, 5) is 25.5. The lowest BCUT2D eigenvalue weighted by molar-refractivity contribution is -0.138. The molecular weight excluding hydrogens is 304 g/mol. The number of amides is 1. The van der Waals surface area contributed by atoms with Gasteiger partial charge in [-0.3, -0.25) is 0 Å². The molecule has 0 spiro atoms. The summed E-state index contributed by atoms with van der Waals surface area (Å²) in [5, 5.41) is 5.10. The Morgan fingerprint density at radius 3 is 2.82 bits per heavy atom. The molecule has 0 bridgehead atoms. The second kappa shape index (κ2) is 6.81. The highest BCUT2D eigenvalue weighted by Crippen LogP contribution is 2.33. The van der Waals surface area contributed by atoms with Gasteiger partial charge in [0.05, 0.1) is 12.0 Å². The van der Waals surface area contributed by atoms with Crippen LogP contribution >= 0.6 is 11.8 Å². The average Bonchev–Trinajstić information content (AvgIpc) is 3.06. The molecule has 1 saturated heterocycles. The van der Waals surface area contributed by atoms with Crippen molar-refractivity contribution >= 4 is 23.8 Å². The van der Waals surface area contributed by atoms with Crippen molar-refractivity contribution in [2.24, 2.45) is 5.92 Å². The summed E-state index contributed by atoms with van der Waals surface area (Å²) in [6.07, 6.45) is 0.630. The maximum atomic E-state index is 12.1. The molecule has 1 fully saturated rings. The van der Waals surface area contributed by atoms with Crippen molar-refractivity contribution in [3.8, 4) is 0 Å². The second-order valence-corrected chi connectivity index (χ2v) is 7.44. The smallest absolute Gasteiger partial charge is 0.410 e. The number of carbonyl (C=O) groups is 2. The van der Waals surface area contributed by atoms with E-state index in [1.165, 1.54) is 0 Å². The van der Waals surface area contributed by atoms with E-state index in [1.807, 2.05) is 20.8 Å². The largest absolute Gasteiger partial charge is 0.461 e. The molecule has 1 amide bonds. The van der Waals surface area contributed by atoms with E-state index in [1.54, 1.807) is 29.0 Å². The molecule has 124 valence electrons. The molecule has 1 N–H and O–H groups in total. The Bertz CT molecular complexity index is 473. The third-order valence-corrected chi connectivity index (χ3v) is 4.60. The minimum Gasteiger partial charge on any atom is -0.461 e. The number of hydrogen-bond donors (Lipinski definition) is 1. The molecule has 2 atom stereocenters. The molecule has 2 rings (SSSR count). The van der Waals surface area contributed by atoms with Gasteiger partial charge in [-0.05, 0) is 34.1 Å². The van der Waals surface area contributed by atoms with E-state index in [-0.39, 0.29) is 17.4 Å². The molecule has 0 saturated carbocycles.